The Hall–Kier alpha value is -4.45. The summed E-state index contributed by atoms with van der Waals surface area (Å²) in [5, 5.41) is 12.4. The van der Waals surface area contributed by atoms with Crippen LogP contribution in [-0.2, 0) is 24.1 Å². The van der Waals surface area contributed by atoms with E-state index in [-0.39, 0.29) is 18.1 Å². The second kappa shape index (κ2) is 9.19. The molecule has 34 heavy (non-hydrogen) atoms. The van der Waals surface area contributed by atoms with E-state index in [1.54, 1.807) is 24.3 Å². The second-order valence-electron chi connectivity index (χ2n) is 8.30. The molecule has 1 aliphatic carbocycles. The largest absolute Gasteiger partial charge is 0.508 e. The molecule has 0 bridgehead atoms. The first-order chi connectivity index (χ1) is 16.5. The highest BCUT2D eigenvalue weighted by atomic mass is 16.3. The Morgan fingerprint density at radius 2 is 1.76 bits per heavy atom. The smallest absolute Gasteiger partial charge is 0.230 e. The van der Waals surface area contributed by atoms with Gasteiger partial charge in [-0.05, 0) is 59.9 Å². The third-order valence-corrected chi connectivity index (χ3v) is 5.80. The van der Waals surface area contributed by atoms with Gasteiger partial charge in [-0.25, -0.2) is 9.97 Å². The highest BCUT2D eigenvalue weighted by Gasteiger charge is 2.22. The van der Waals surface area contributed by atoms with Crippen LogP contribution in [0.5, 0.6) is 5.75 Å². The van der Waals surface area contributed by atoms with Crippen LogP contribution >= 0.6 is 0 Å². The van der Waals surface area contributed by atoms with Gasteiger partial charge in [-0.15, -0.1) is 0 Å². The Bertz CT molecular complexity index is 1380. The number of benzene rings is 3. The molecule has 5 rings (SSSR count). The summed E-state index contributed by atoms with van der Waals surface area (Å²) in [4.78, 5) is 22.6. The minimum absolute atomic E-state index is 0.167. The van der Waals surface area contributed by atoms with E-state index < -0.39 is 0 Å². The molecule has 0 aliphatic heterocycles. The number of aryl methyl sites for hydroxylation is 2. The number of nitrogens with two attached hydrogens (primary N) is 1. The van der Waals surface area contributed by atoms with Gasteiger partial charge in [0.05, 0.1) is 17.8 Å². The third kappa shape index (κ3) is 4.66. The Labute approximate surface area is 197 Å². The zero-order chi connectivity index (χ0) is 23.5. The number of carbonyl (C=O) groups excluding carboxylic acids is 1. The van der Waals surface area contributed by atoms with Crippen molar-refractivity contribution in [2.45, 2.75) is 19.3 Å². The molecule has 1 aliphatic rings. The molecule has 0 saturated carbocycles. The van der Waals surface area contributed by atoms with Crippen LogP contribution < -0.4 is 11.1 Å². The molecule has 3 aromatic carbocycles. The predicted molar refractivity (Wildman–Crippen MR) is 135 cm³/mol. The van der Waals surface area contributed by atoms with Crippen molar-refractivity contribution in [3.8, 4) is 17.0 Å². The molecule has 0 radical (unpaired) electrons. The minimum Gasteiger partial charge on any atom is -0.508 e. The molecular formula is C28H24N4O2. The van der Waals surface area contributed by atoms with Crippen LogP contribution in [0.4, 0.5) is 11.5 Å². The number of hydrogen-bond donors (Lipinski definition) is 3. The zero-order valence-corrected chi connectivity index (χ0v) is 18.5. The standard InChI is InChI=1S/C28H24N4O2/c29-21-10-13-23-20(17-21)9-15-24-27(23)30-25(14-8-18-4-2-1-3-5-18)28(31-24)32-26(34)16-19-6-11-22(33)12-7-19/h1-8,10-14,17,33H,9,15-16,29H2,(H,31,32,34)/b14-8+. The van der Waals surface area contributed by atoms with Gasteiger partial charge in [-0.2, -0.15) is 0 Å². The van der Waals surface area contributed by atoms with Crippen LogP contribution in [0, 0.1) is 0 Å². The molecule has 0 atom stereocenters. The van der Waals surface area contributed by atoms with Crippen LogP contribution in [0.3, 0.4) is 0 Å². The van der Waals surface area contributed by atoms with Gasteiger partial charge in [-0.1, -0.05) is 54.6 Å². The fraction of sp³-hybridized carbons (Fsp3) is 0.107. The molecule has 168 valence electrons. The molecule has 4 aromatic rings. The number of aromatic nitrogens is 2. The molecule has 0 spiro atoms. The van der Waals surface area contributed by atoms with Gasteiger partial charge in [0.2, 0.25) is 5.91 Å². The van der Waals surface area contributed by atoms with Crippen molar-refractivity contribution in [1.82, 2.24) is 9.97 Å². The van der Waals surface area contributed by atoms with Gasteiger partial charge in [0.15, 0.2) is 5.82 Å². The summed E-state index contributed by atoms with van der Waals surface area (Å²) in [6.45, 7) is 0. The Balaban J connectivity index is 1.50. The summed E-state index contributed by atoms with van der Waals surface area (Å²) in [6, 6.07) is 22.4. The van der Waals surface area contributed by atoms with E-state index in [4.69, 9.17) is 15.7 Å². The zero-order valence-electron chi connectivity index (χ0n) is 18.5. The van der Waals surface area contributed by atoms with E-state index in [2.05, 4.69) is 5.32 Å². The summed E-state index contributed by atoms with van der Waals surface area (Å²) in [5.41, 5.74) is 13.0. The molecule has 1 aromatic heterocycles. The lowest BCUT2D eigenvalue weighted by molar-refractivity contribution is -0.115. The van der Waals surface area contributed by atoms with Gasteiger partial charge in [-0.3, -0.25) is 4.79 Å². The maximum atomic E-state index is 12.8. The second-order valence-corrected chi connectivity index (χ2v) is 8.30. The summed E-state index contributed by atoms with van der Waals surface area (Å²) >= 11 is 0. The normalized spacial score (nSPS) is 12.2. The quantitative estimate of drug-likeness (QED) is 0.378. The van der Waals surface area contributed by atoms with E-state index in [1.165, 1.54) is 0 Å². The lowest BCUT2D eigenvalue weighted by atomic mass is 9.91. The number of phenolic OH excluding ortho intramolecular Hbond substituents is 1. The molecule has 6 nitrogen and oxygen atoms in total. The summed E-state index contributed by atoms with van der Waals surface area (Å²) < 4.78 is 0. The number of nitrogens with one attached hydrogen (secondary N) is 1. The number of phenols is 1. The number of anilines is 2. The molecule has 1 amide bonds. The van der Waals surface area contributed by atoms with Crippen molar-refractivity contribution in [1.29, 1.82) is 0 Å². The highest BCUT2D eigenvalue weighted by Crippen LogP contribution is 2.34. The lowest BCUT2D eigenvalue weighted by Gasteiger charge is -2.20. The number of rotatable bonds is 5. The van der Waals surface area contributed by atoms with Crippen molar-refractivity contribution in [3.63, 3.8) is 0 Å². The van der Waals surface area contributed by atoms with E-state index >= 15 is 0 Å². The average molecular weight is 449 g/mol. The van der Waals surface area contributed by atoms with E-state index in [1.807, 2.05) is 60.7 Å². The molecule has 6 heteroatoms. The number of amides is 1. The fourth-order valence-electron chi connectivity index (χ4n) is 4.10. The lowest BCUT2D eigenvalue weighted by Crippen LogP contribution is -2.19. The van der Waals surface area contributed by atoms with Crippen molar-refractivity contribution >= 4 is 29.6 Å². The Morgan fingerprint density at radius 1 is 0.971 bits per heavy atom. The maximum absolute atomic E-state index is 12.8. The van der Waals surface area contributed by atoms with E-state index in [0.29, 0.717) is 11.5 Å². The van der Waals surface area contributed by atoms with Gasteiger partial charge in [0.25, 0.3) is 0 Å². The summed E-state index contributed by atoms with van der Waals surface area (Å²) in [6.07, 6.45) is 5.55. The van der Waals surface area contributed by atoms with Gasteiger partial charge in [0.1, 0.15) is 11.4 Å². The van der Waals surface area contributed by atoms with E-state index in [9.17, 15) is 9.90 Å². The summed E-state index contributed by atoms with van der Waals surface area (Å²) in [5.74, 6) is 0.409. The van der Waals surface area contributed by atoms with E-state index in [0.717, 1.165) is 52.2 Å². The number of nitrogen functional groups attached to an aromatic ring is 1. The van der Waals surface area contributed by atoms with Crippen LogP contribution in [0.25, 0.3) is 23.4 Å². The molecule has 0 fully saturated rings. The number of nitrogens with zero attached hydrogens (tertiary/aromatic N) is 2. The van der Waals surface area contributed by atoms with Gasteiger partial charge < -0.3 is 16.2 Å². The molecule has 0 saturated heterocycles. The van der Waals surface area contributed by atoms with Crippen molar-refractivity contribution in [2.75, 3.05) is 11.1 Å². The van der Waals surface area contributed by atoms with Gasteiger partial charge >= 0.3 is 0 Å². The first-order valence-corrected chi connectivity index (χ1v) is 11.2. The van der Waals surface area contributed by atoms with Crippen LogP contribution in [0.1, 0.15) is 28.1 Å². The van der Waals surface area contributed by atoms with Crippen LogP contribution in [0.2, 0.25) is 0 Å². The fourth-order valence-corrected chi connectivity index (χ4v) is 4.10. The Morgan fingerprint density at radius 3 is 2.56 bits per heavy atom. The van der Waals surface area contributed by atoms with Gasteiger partial charge in [0, 0.05) is 11.3 Å². The number of fused-ring (bicyclic) bond motifs is 3. The average Bonchev–Trinajstić information content (AvgIpc) is 2.84. The first kappa shape index (κ1) is 21.4. The molecule has 4 N–H and O–H groups in total. The number of aromatic hydroxyl groups is 1. The maximum Gasteiger partial charge on any atom is 0.230 e. The molecular weight excluding hydrogens is 424 g/mol. The minimum atomic E-state index is -0.196. The Kier molecular flexibility index (Phi) is 5.79. The van der Waals surface area contributed by atoms with Crippen molar-refractivity contribution < 1.29 is 9.90 Å². The van der Waals surface area contributed by atoms with Crippen LogP contribution in [0.15, 0.2) is 72.8 Å². The summed E-state index contributed by atoms with van der Waals surface area (Å²) in [7, 11) is 0. The SMILES string of the molecule is Nc1ccc2c(c1)CCc1nc(NC(=O)Cc3ccc(O)cc3)c(/C=C/c3ccccc3)nc1-2. The van der Waals surface area contributed by atoms with Crippen LogP contribution in [-0.4, -0.2) is 21.0 Å². The van der Waals surface area contributed by atoms with Crippen molar-refractivity contribution in [2.24, 2.45) is 0 Å². The number of hydrogen-bond acceptors (Lipinski definition) is 5. The first-order valence-electron chi connectivity index (χ1n) is 11.2. The monoisotopic (exact) mass is 448 g/mol. The third-order valence-electron chi connectivity index (χ3n) is 5.80. The highest BCUT2D eigenvalue weighted by molar-refractivity contribution is 5.94. The molecule has 1 heterocycles. The molecule has 0 unspecified atom stereocenters. The predicted octanol–water partition coefficient (Wildman–Crippen LogP) is 4.88. The van der Waals surface area contributed by atoms with Crippen molar-refractivity contribution in [3.05, 3.63) is 101 Å². The topological polar surface area (TPSA) is 101 Å². The number of carbonyl (C=O) groups is 1.